The fourth-order valence-corrected chi connectivity index (χ4v) is 2.34. The van der Waals surface area contributed by atoms with E-state index in [4.69, 9.17) is 0 Å². The van der Waals surface area contributed by atoms with E-state index >= 15 is 0 Å². The maximum atomic E-state index is 11.8. The standard InChI is InChI=1S/C12H15Br2NO2/c1-8(4-5-13)7-15-12(17)9-2-3-10(14)11(16)6-9/h2-3,6,8,16H,4-5,7H2,1H3,(H,15,17). The van der Waals surface area contributed by atoms with Gasteiger partial charge in [0.15, 0.2) is 0 Å². The van der Waals surface area contributed by atoms with E-state index in [1.165, 1.54) is 6.07 Å². The molecule has 0 heterocycles. The first-order valence-corrected chi connectivity index (χ1v) is 7.28. The normalized spacial score (nSPS) is 12.2. The van der Waals surface area contributed by atoms with Gasteiger partial charge >= 0.3 is 0 Å². The van der Waals surface area contributed by atoms with Crippen LogP contribution < -0.4 is 5.32 Å². The summed E-state index contributed by atoms with van der Waals surface area (Å²) in [6.07, 6.45) is 1.02. The molecule has 1 aromatic carbocycles. The Bertz CT molecular complexity index is 396. The van der Waals surface area contributed by atoms with Gasteiger partial charge in [-0.2, -0.15) is 0 Å². The van der Waals surface area contributed by atoms with Crippen LogP contribution in [0.1, 0.15) is 23.7 Å². The maximum Gasteiger partial charge on any atom is 0.251 e. The minimum absolute atomic E-state index is 0.0751. The van der Waals surface area contributed by atoms with Crippen LogP contribution in [0.2, 0.25) is 0 Å². The van der Waals surface area contributed by atoms with Crippen molar-refractivity contribution in [3.05, 3.63) is 28.2 Å². The Labute approximate surface area is 118 Å². The predicted octanol–water partition coefficient (Wildman–Crippen LogP) is 3.31. The molecule has 1 rings (SSSR count). The third kappa shape index (κ3) is 4.68. The maximum absolute atomic E-state index is 11.8. The van der Waals surface area contributed by atoms with Crippen molar-refractivity contribution in [2.24, 2.45) is 5.92 Å². The average molecular weight is 365 g/mol. The number of rotatable bonds is 5. The molecule has 0 aliphatic rings. The van der Waals surface area contributed by atoms with Gasteiger partial charge in [0.2, 0.25) is 0 Å². The minimum atomic E-state index is -0.158. The molecule has 1 amide bonds. The first-order chi connectivity index (χ1) is 8.04. The summed E-state index contributed by atoms with van der Waals surface area (Å²) in [5.41, 5.74) is 0.469. The molecule has 2 N–H and O–H groups in total. The van der Waals surface area contributed by atoms with Gasteiger partial charge in [0.05, 0.1) is 4.47 Å². The quantitative estimate of drug-likeness (QED) is 0.787. The van der Waals surface area contributed by atoms with Gasteiger partial charge in [0.25, 0.3) is 5.91 Å². The molecule has 94 valence electrons. The van der Waals surface area contributed by atoms with Crippen molar-refractivity contribution in [3.63, 3.8) is 0 Å². The molecule has 0 fully saturated rings. The number of alkyl halides is 1. The van der Waals surface area contributed by atoms with Crippen molar-refractivity contribution in [2.45, 2.75) is 13.3 Å². The molecule has 0 aliphatic carbocycles. The second kappa shape index (κ2) is 7.01. The fourth-order valence-electron chi connectivity index (χ4n) is 1.31. The molecule has 0 saturated heterocycles. The predicted molar refractivity (Wildman–Crippen MR) is 75.7 cm³/mol. The van der Waals surface area contributed by atoms with Gasteiger partial charge in [-0.25, -0.2) is 0 Å². The third-order valence-corrected chi connectivity index (χ3v) is 3.55. The van der Waals surface area contributed by atoms with E-state index < -0.39 is 0 Å². The summed E-state index contributed by atoms with van der Waals surface area (Å²) in [6, 6.07) is 4.79. The van der Waals surface area contributed by atoms with Crippen molar-refractivity contribution in [3.8, 4) is 5.75 Å². The molecule has 1 unspecified atom stereocenters. The lowest BCUT2D eigenvalue weighted by Crippen LogP contribution is -2.28. The lowest BCUT2D eigenvalue weighted by Gasteiger charge is -2.11. The van der Waals surface area contributed by atoms with Gasteiger partial charge in [-0.3, -0.25) is 4.79 Å². The fraction of sp³-hybridized carbons (Fsp3) is 0.417. The molecule has 17 heavy (non-hydrogen) atoms. The lowest BCUT2D eigenvalue weighted by atomic mass is 10.1. The highest BCUT2D eigenvalue weighted by atomic mass is 79.9. The van der Waals surface area contributed by atoms with Crippen LogP contribution in [0.15, 0.2) is 22.7 Å². The summed E-state index contributed by atoms with van der Waals surface area (Å²) in [6.45, 7) is 2.72. The smallest absolute Gasteiger partial charge is 0.251 e. The minimum Gasteiger partial charge on any atom is -0.507 e. The molecule has 5 heteroatoms. The van der Waals surface area contributed by atoms with Gasteiger partial charge in [0.1, 0.15) is 5.75 Å². The zero-order chi connectivity index (χ0) is 12.8. The SMILES string of the molecule is CC(CCBr)CNC(=O)c1ccc(Br)c(O)c1. The highest BCUT2D eigenvalue weighted by Gasteiger charge is 2.09. The topological polar surface area (TPSA) is 49.3 Å². The summed E-state index contributed by atoms with van der Waals surface area (Å²) >= 11 is 6.54. The van der Waals surface area contributed by atoms with Crippen LogP contribution in [-0.4, -0.2) is 22.9 Å². The highest BCUT2D eigenvalue weighted by molar-refractivity contribution is 9.10. The Kier molecular flexibility index (Phi) is 5.98. The largest absolute Gasteiger partial charge is 0.507 e. The van der Waals surface area contributed by atoms with Gasteiger partial charge in [-0.15, -0.1) is 0 Å². The molecule has 3 nitrogen and oxygen atoms in total. The molecule has 0 aliphatic heterocycles. The third-order valence-electron chi connectivity index (χ3n) is 2.42. The molecule has 0 spiro atoms. The van der Waals surface area contributed by atoms with E-state index in [2.05, 4.69) is 44.1 Å². The molecular weight excluding hydrogens is 350 g/mol. The zero-order valence-electron chi connectivity index (χ0n) is 9.54. The monoisotopic (exact) mass is 363 g/mol. The van der Waals surface area contributed by atoms with Gasteiger partial charge in [0, 0.05) is 17.4 Å². The Morgan fingerprint density at radius 1 is 1.53 bits per heavy atom. The van der Waals surface area contributed by atoms with Crippen LogP contribution in [0.5, 0.6) is 5.75 Å². The van der Waals surface area contributed by atoms with Crippen molar-refractivity contribution < 1.29 is 9.90 Å². The molecule has 1 atom stereocenters. The molecule has 1 aromatic rings. The number of nitrogens with one attached hydrogen (secondary N) is 1. The van der Waals surface area contributed by atoms with Crippen LogP contribution in [0.4, 0.5) is 0 Å². The number of aromatic hydroxyl groups is 1. The summed E-state index contributed by atoms with van der Waals surface area (Å²) in [5.74, 6) is 0.350. The van der Waals surface area contributed by atoms with Crippen LogP contribution >= 0.6 is 31.9 Å². The van der Waals surface area contributed by atoms with E-state index in [1.807, 2.05) is 0 Å². The Morgan fingerprint density at radius 2 is 2.24 bits per heavy atom. The van der Waals surface area contributed by atoms with Crippen molar-refractivity contribution >= 4 is 37.8 Å². The molecule has 0 bridgehead atoms. The van der Waals surface area contributed by atoms with Crippen molar-refractivity contribution in [1.82, 2.24) is 5.32 Å². The number of hydrogen-bond donors (Lipinski definition) is 2. The van der Waals surface area contributed by atoms with E-state index in [1.54, 1.807) is 12.1 Å². The van der Waals surface area contributed by atoms with E-state index in [0.717, 1.165) is 11.8 Å². The summed E-state index contributed by atoms with van der Waals surface area (Å²) in [4.78, 5) is 11.8. The summed E-state index contributed by atoms with van der Waals surface area (Å²) < 4.78 is 0.585. The van der Waals surface area contributed by atoms with Crippen LogP contribution in [0.25, 0.3) is 0 Å². The van der Waals surface area contributed by atoms with Crippen LogP contribution in [-0.2, 0) is 0 Å². The molecular formula is C12H15Br2NO2. The molecule has 0 radical (unpaired) electrons. The number of carbonyl (C=O) groups excluding carboxylic acids is 1. The number of halogens is 2. The molecule has 0 saturated carbocycles. The Morgan fingerprint density at radius 3 is 2.82 bits per heavy atom. The second-order valence-corrected chi connectivity index (χ2v) is 5.61. The number of phenolic OH excluding ortho intramolecular Hbond substituents is 1. The van der Waals surface area contributed by atoms with Crippen LogP contribution in [0.3, 0.4) is 0 Å². The average Bonchev–Trinajstić information content (AvgIpc) is 2.30. The van der Waals surface area contributed by atoms with Gasteiger partial charge < -0.3 is 10.4 Å². The lowest BCUT2D eigenvalue weighted by molar-refractivity contribution is 0.0947. The second-order valence-electron chi connectivity index (χ2n) is 3.96. The first kappa shape index (κ1) is 14.5. The zero-order valence-corrected chi connectivity index (χ0v) is 12.7. The Hall–Kier alpha value is -0.550. The van der Waals surface area contributed by atoms with Gasteiger partial charge in [-0.1, -0.05) is 22.9 Å². The van der Waals surface area contributed by atoms with Crippen molar-refractivity contribution in [1.29, 1.82) is 0 Å². The van der Waals surface area contributed by atoms with Crippen molar-refractivity contribution in [2.75, 3.05) is 11.9 Å². The summed E-state index contributed by atoms with van der Waals surface area (Å²) in [5, 5.41) is 13.3. The van der Waals surface area contributed by atoms with E-state index in [0.29, 0.717) is 22.5 Å². The molecule has 0 aromatic heterocycles. The number of hydrogen-bond acceptors (Lipinski definition) is 2. The van der Waals surface area contributed by atoms with Crippen LogP contribution in [0, 0.1) is 5.92 Å². The van der Waals surface area contributed by atoms with E-state index in [9.17, 15) is 9.90 Å². The summed E-state index contributed by atoms with van der Waals surface area (Å²) in [7, 11) is 0. The first-order valence-electron chi connectivity index (χ1n) is 5.37. The highest BCUT2D eigenvalue weighted by Crippen LogP contribution is 2.24. The number of amides is 1. The Balaban J connectivity index is 2.55. The van der Waals surface area contributed by atoms with Gasteiger partial charge in [-0.05, 0) is 46.5 Å². The number of benzene rings is 1. The number of phenols is 1. The van der Waals surface area contributed by atoms with E-state index in [-0.39, 0.29) is 11.7 Å². The number of carbonyl (C=O) groups is 1.